The molecule has 2 N–H and O–H groups in total. The number of pyridine rings is 1. The topological polar surface area (TPSA) is 113 Å². The van der Waals surface area contributed by atoms with Gasteiger partial charge < -0.3 is 29.3 Å². The summed E-state index contributed by atoms with van der Waals surface area (Å²) in [5.74, 6) is 1.10. The molecule has 1 saturated carbocycles. The molecule has 0 spiro atoms. The number of fused-ring (bicyclic) bond motifs is 3. The number of hydrogen-bond acceptors (Lipinski definition) is 10. The molecule has 2 aromatic heterocycles. The maximum atomic E-state index is 17.3. The lowest BCUT2D eigenvalue weighted by Gasteiger charge is -2.51. The SMILES string of the molecule is C#Cc1c(F)ccc2cc(O)cc(-c3nc(OC)c4c(N5CCCC(C)(O)C5)nc(OCC56CCCC5N(C5CC(C)OC(C)C5)CCC6)nc4c3F)c12. The van der Waals surface area contributed by atoms with Crippen molar-refractivity contribution < 1.29 is 33.2 Å². The molecule has 1 aliphatic carbocycles. The molecule has 3 saturated heterocycles. The summed E-state index contributed by atoms with van der Waals surface area (Å²) in [6.45, 7) is 8.34. The molecular formula is C42H49F2N5O5. The van der Waals surface area contributed by atoms with Gasteiger partial charge in [-0.25, -0.2) is 13.8 Å². The van der Waals surface area contributed by atoms with E-state index in [0.717, 1.165) is 51.5 Å². The average Bonchev–Trinajstić information content (AvgIpc) is 3.58. The van der Waals surface area contributed by atoms with E-state index in [1.807, 2.05) is 4.90 Å². The highest BCUT2D eigenvalue weighted by Crippen LogP contribution is 2.50. The fourth-order valence-electron chi connectivity index (χ4n) is 10.1. The van der Waals surface area contributed by atoms with Crippen molar-refractivity contribution >= 4 is 27.5 Å². The third kappa shape index (κ3) is 6.48. The van der Waals surface area contributed by atoms with Crippen LogP contribution in [0.25, 0.3) is 32.9 Å². The van der Waals surface area contributed by atoms with Crippen LogP contribution in [0, 0.1) is 29.4 Å². The molecule has 2 aromatic carbocycles. The number of piperidine rings is 2. The number of aliphatic hydroxyl groups is 1. The summed E-state index contributed by atoms with van der Waals surface area (Å²) in [5.41, 5.74) is -1.43. The highest BCUT2D eigenvalue weighted by atomic mass is 19.1. The number of β-amino-alcohol motifs (C(OH)–C–C–N with tert-alkyl or cyclic N) is 1. The summed E-state index contributed by atoms with van der Waals surface area (Å²) >= 11 is 0. The fraction of sp³-hybridized carbons (Fsp3) is 0.548. The molecule has 0 bridgehead atoms. The Bertz CT molecular complexity index is 2130. The van der Waals surface area contributed by atoms with Gasteiger partial charge in [-0.2, -0.15) is 9.97 Å². The second-order valence-electron chi connectivity index (χ2n) is 16.3. The zero-order valence-corrected chi connectivity index (χ0v) is 31.5. The van der Waals surface area contributed by atoms with Crippen molar-refractivity contribution in [2.24, 2.45) is 5.41 Å². The molecule has 5 heterocycles. The van der Waals surface area contributed by atoms with Crippen LogP contribution in [0.1, 0.15) is 84.1 Å². The summed E-state index contributed by atoms with van der Waals surface area (Å²) < 4.78 is 50.9. The van der Waals surface area contributed by atoms with Gasteiger partial charge >= 0.3 is 6.01 Å². The van der Waals surface area contributed by atoms with E-state index in [9.17, 15) is 10.2 Å². The van der Waals surface area contributed by atoms with Gasteiger partial charge in [-0.15, -0.1) is 6.42 Å². The molecule has 5 unspecified atom stereocenters. The Labute approximate surface area is 314 Å². The molecule has 8 rings (SSSR count). The second-order valence-corrected chi connectivity index (χ2v) is 16.3. The van der Waals surface area contributed by atoms with Gasteiger partial charge in [0.1, 0.15) is 34.0 Å². The number of benzene rings is 2. The van der Waals surface area contributed by atoms with Crippen LogP contribution in [-0.2, 0) is 4.74 Å². The maximum absolute atomic E-state index is 17.3. The van der Waals surface area contributed by atoms with Gasteiger partial charge in [0, 0.05) is 41.5 Å². The van der Waals surface area contributed by atoms with Gasteiger partial charge in [-0.1, -0.05) is 18.4 Å². The number of halogens is 2. The van der Waals surface area contributed by atoms with Gasteiger partial charge in [0.15, 0.2) is 5.82 Å². The summed E-state index contributed by atoms with van der Waals surface area (Å²) in [5, 5.41) is 22.7. The highest BCUT2D eigenvalue weighted by Gasteiger charge is 2.51. The molecule has 286 valence electrons. The van der Waals surface area contributed by atoms with E-state index in [4.69, 9.17) is 30.6 Å². The first-order chi connectivity index (χ1) is 25.9. The number of ether oxygens (including phenoxy) is 3. The van der Waals surface area contributed by atoms with Gasteiger partial charge in [0.05, 0.1) is 37.1 Å². The number of aromatic nitrogens is 3. The predicted octanol–water partition coefficient (Wildman–Crippen LogP) is 7.14. The summed E-state index contributed by atoms with van der Waals surface area (Å²) in [6, 6.07) is 6.26. The van der Waals surface area contributed by atoms with E-state index in [-0.39, 0.29) is 74.9 Å². The van der Waals surface area contributed by atoms with Crippen molar-refractivity contribution in [3.8, 4) is 41.2 Å². The molecule has 10 nitrogen and oxygen atoms in total. The van der Waals surface area contributed by atoms with Crippen LogP contribution in [0.4, 0.5) is 14.6 Å². The number of nitrogens with zero attached hydrogens (tertiary/aromatic N) is 5. The van der Waals surface area contributed by atoms with Crippen molar-refractivity contribution in [2.45, 2.75) is 108 Å². The highest BCUT2D eigenvalue weighted by molar-refractivity contribution is 6.04. The summed E-state index contributed by atoms with van der Waals surface area (Å²) in [6.07, 6.45) is 14.8. The number of likely N-dealkylation sites (tertiary alicyclic amines) is 1. The monoisotopic (exact) mass is 741 g/mol. The first-order valence-corrected chi connectivity index (χ1v) is 19.3. The third-order valence-electron chi connectivity index (χ3n) is 12.3. The van der Waals surface area contributed by atoms with E-state index >= 15 is 8.78 Å². The zero-order valence-electron chi connectivity index (χ0n) is 31.5. The number of anilines is 1. The molecular weight excluding hydrogens is 692 g/mol. The Kier molecular flexibility index (Phi) is 9.56. The lowest BCUT2D eigenvalue weighted by Crippen LogP contribution is -2.57. The minimum absolute atomic E-state index is 0.0161. The average molecular weight is 742 g/mol. The number of terminal acetylenes is 1. The number of rotatable bonds is 7. The van der Waals surface area contributed by atoms with Crippen molar-refractivity contribution in [3.63, 3.8) is 0 Å². The second kappa shape index (κ2) is 14.1. The van der Waals surface area contributed by atoms with Crippen LogP contribution in [0.2, 0.25) is 0 Å². The molecule has 0 radical (unpaired) electrons. The Morgan fingerprint density at radius 3 is 2.52 bits per heavy atom. The summed E-state index contributed by atoms with van der Waals surface area (Å²) in [7, 11) is 1.42. The standard InChI is InChI=1S/C42H49F2N5O5/c1-6-29-31(43)12-11-26-20-28(50)21-30(33(26)29)36-35(44)37-34(39(45-36)52-5)38(48-16-8-13-41(4,51)22-48)47-40(46-37)53-23-42-14-7-10-32(42)49(17-9-15-42)27-18-24(2)54-25(3)19-27/h1,11-12,20-21,24-25,27,32,50-51H,7-10,13-19,22-23H2,2-5H3. The minimum atomic E-state index is -1.01. The normalized spacial score (nSPS) is 29.0. The van der Waals surface area contributed by atoms with Crippen LogP contribution in [-0.4, -0.2) is 93.3 Å². The molecule has 4 fully saturated rings. The van der Waals surface area contributed by atoms with E-state index in [1.54, 1.807) is 6.92 Å². The van der Waals surface area contributed by atoms with E-state index in [0.29, 0.717) is 49.3 Å². The first-order valence-electron chi connectivity index (χ1n) is 19.3. The Balaban J connectivity index is 1.24. The Hall–Kier alpha value is -4.31. The lowest BCUT2D eigenvalue weighted by molar-refractivity contribution is -0.0967. The van der Waals surface area contributed by atoms with Gasteiger partial charge in [-0.3, -0.25) is 4.90 Å². The smallest absolute Gasteiger partial charge is 0.319 e. The van der Waals surface area contributed by atoms with E-state index in [2.05, 4.69) is 29.7 Å². The molecule has 5 atom stereocenters. The quantitative estimate of drug-likeness (QED) is 0.190. The van der Waals surface area contributed by atoms with Crippen LogP contribution in [0.5, 0.6) is 17.6 Å². The largest absolute Gasteiger partial charge is 0.508 e. The lowest BCUT2D eigenvalue weighted by atomic mass is 9.74. The van der Waals surface area contributed by atoms with Crippen molar-refractivity contribution in [2.75, 3.05) is 38.3 Å². The number of hydrogen-bond donors (Lipinski definition) is 2. The van der Waals surface area contributed by atoms with Crippen molar-refractivity contribution in [1.82, 2.24) is 19.9 Å². The summed E-state index contributed by atoms with van der Waals surface area (Å²) in [4.78, 5) is 18.9. The third-order valence-corrected chi connectivity index (χ3v) is 12.3. The molecule has 12 heteroatoms. The number of phenols is 1. The maximum Gasteiger partial charge on any atom is 0.319 e. The van der Waals surface area contributed by atoms with Gasteiger partial charge in [-0.05, 0) is 102 Å². The van der Waals surface area contributed by atoms with Gasteiger partial charge in [0.25, 0.3) is 0 Å². The van der Waals surface area contributed by atoms with Crippen LogP contribution in [0.15, 0.2) is 24.3 Å². The number of aromatic hydroxyl groups is 1. The van der Waals surface area contributed by atoms with E-state index in [1.165, 1.54) is 31.4 Å². The fourth-order valence-corrected chi connectivity index (χ4v) is 10.1. The van der Waals surface area contributed by atoms with Crippen LogP contribution < -0.4 is 14.4 Å². The Morgan fingerprint density at radius 1 is 1.02 bits per heavy atom. The number of methoxy groups -OCH3 is 1. The van der Waals surface area contributed by atoms with Gasteiger partial charge in [0.2, 0.25) is 5.88 Å². The molecule has 3 aliphatic heterocycles. The molecule has 4 aliphatic rings. The number of phenolic OH excluding ortho intramolecular Hbond substituents is 1. The van der Waals surface area contributed by atoms with Crippen LogP contribution >= 0.6 is 0 Å². The van der Waals surface area contributed by atoms with E-state index < -0.39 is 17.2 Å². The van der Waals surface area contributed by atoms with Crippen LogP contribution in [0.3, 0.4) is 0 Å². The molecule has 4 aromatic rings. The van der Waals surface area contributed by atoms with Crippen molar-refractivity contribution in [3.05, 3.63) is 41.5 Å². The minimum Gasteiger partial charge on any atom is -0.508 e. The predicted molar refractivity (Wildman–Crippen MR) is 203 cm³/mol. The molecule has 54 heavy (non-hydrogen) atoms. The Morgan fingerprint density at radius 2 is 1.78 bits per heavy atom. The zero-order chi connectivity index (χ0) is 37.9. The first kappa shape index (κ1) is 36.7. The van der Waals surface area contributed by atoms with Crippen molar-refractivity contribution in [1.29, 1.82) is 0 Å². The molecule has 0 amide bonds.